The molecule has 1 spiro atoms. The van der Waals surface area contributed by atoms with E-state index >= 15 is 0 Å². The standard InChI is InChI=1S/C17H23FN2O/c1-2-15-17(10-8-16(21)19-17)9-3-11-20(15)12-13-4-6-14(18)7-5-13/h4-7,15H,2-3,8-12H2,1H3,(H,19,21)/t15-,17-/m0/s1. The Labute approximate surface area is 125 Å². The van der Waals surface area contributed by atoms with Crippen LogP contribution in [-0.2, 0) is 11.3 Å². The summed E-state index contributed by atoms with van der Waals surface area (Å²) in [6.07, 6.45) is 4.82. The number of benzene rings is 1. The zero-order valence-electron chi connectivity index (χ0n) is 12.6. The van der Waals surface area contributed by atoms with Crippen molar-refractivity contribution in [1.82, 2.24) is 10.2 Å². The van der Waals surface area contributed by atoms with Gasteiger partial charge in [0.1, 0.15) is 5.82 Å². The number of piperidine rings is 1. The van der Waals surface area contributed by atoms with Crippen LogP contribution in [0.4, 0.5) is 4.39 Å². The van der Waals surface area contributed by atoms with Crippen molar-refractivity contribution < 1.29 is 9.18 Å². The number of hydrogen-bond donors (Lipinski definition) is 1. The number of hydrogen-bond acceptors (Lipinski definition) is 2. The number of likely N-dealkylation sites (tertiary alicyclic amines) is 1. The highest BCUT2D eigenvalue weighted by Crippen LogP contribution is 2.37. The molecule has 0 bridgehead atoms. The summed E-state index contributed by atoms with van der Waals surface area (Å²) in [5.41, 5.74) is 1.10. The first kappa shape index (κ1) is 14.5. The third-order valence-corrected chi connectivity index (χ3v) is 5.02. The fourth-order valence-corrected chi connectivity index (χ4v) is 4.11. The molecule has 2 saturated heterocycles. The number of amides is 1. The van der Waals surface area contributed by atoms with Gasteiger partial charge < -0.3 is 5.32 Å². The number of carbonyl (C=O) groups excluding carboxylic acids is 1. The summed E-state index contributed by atoms with van der Waals surface area (Å²) in [6.45, 7) is 4.07. The van der Waals surface area contributed by atoms with E-state index in [1.807, 2.05) is 12.1 Å². The van der Waals surface area contributed by atoms with Crippen molar-refractivity contribution in [2.24, 2.45) is 0 Å². The van der Waals surface area contributed by atoms with Gasteiger partial charge in [-0.1, -0.05) is 19.1 Å². The summed E-state index contributed by atoms with van der Waals surface area (Å²) >= 11 is 0. The molecular weight excluding hydrogens is 267 g/mol. The van der Waals surface area contributed by atoms with E-state index in [4.69, 9.17) is 0 Å². The van der Waals surface area contributed by atoms with Crippen molar-refractivity contribution in [2.45, 2.75) is 57.2 Å². The molecule has 0 aromatic heterocycles. The molecular formula is C17H23FN2O. The van der Waals surface area contributed by atoms with Gasteiger partial charge in [0.25, 0.3) is 0 Å². The minimum atomic E-state index is -0.191. The van der Waals surface area contributed by atoms with E-state index in [1.54, 1.807) is 0 Å². The molecule has 1 N–H and O–H groups in total. The highest BCUT2D eigenvalue weighted by atomic mass is 19.1. The minimum Gasteiger partial charge on any atom is -0.349 e. The molecule has 2 aliphatic rings. The lowest BCUT2D eigenvalue weighted by Crippen LogP contribution is -2.61. The van der Waals surface area contributed by atoms with E-state index < -0.39 is 0 Å². The van der Waals surface area contributed by atoms with Crippen LogP contribution in [0, 0.1) is 5.82 Å². The second-order valence-electron chi connectivity index (χ2n) is 6.33. The van der Waals surface area contributed by atoms with Gasteiger partial charge in [0, 0.05) is 19.0 Å². The van der Waals surface area contributed by atoms with Gasteiger partial charge in [0.15, 0.2) is 0 Å². The maximum atomic E-state index is 13.0. The fraction of sp³-hybridized carbons (Fsp3) is 0.588. The van der Waals surface area contributed by atoms with Gasteiger partial charge in [-0.3, -0.25) is 9.69 Å². The first-order valence-electron chi connectivity index (χ1n) is 7.92. The average molecular weight is 290 g/mol. The Bertz CT molecular complexity index is 516. The number of rotatable bonds is 3. The van der Waals surface area contributed by atoms with Crippen LogP contribution in [0.15, 0.2) is 24.3 Å². The summed E-state index contributed by atoms with van der Waals surface area (Å²) in [5.74, 6) is 0.000967. The van der Waals surface area contributed by atoms with E-state index in [0.29, 0.717) is 12.5 Å². The Kier molecular flexibility index (Phi) is 3.98. The Morgan fingerprint density at radius 2 is 2.10 bits per heavy atom. The fourth-order valence-electron chi connectivity index (χ4n) is 4.11. The summed E-state index contributed by atoms with van der Waals surface area (Å²) in [4.78, 5) is 14.2. The van der Waals surface area contributed by atoms with Gasteiger partial charge in [-0.25, -0.2) is 4.39 Å². The summed E-state index contributed by atoms with van der Waals surface area (Å²) < 4.78 is 13.0. The normalized spacial score (nSPS) is 29.8. The zero-order valence-corrected chi connectivity index (χ0v) is 12.6. The molecule has 2 fully saturated rings. The van der Waals surface area contributed by atoms with Gasteiger partial charge in [-0.05, 0) is 49.9 Å². The van der Waals surface area contributed by atoms with Crippen LogP contribution in [0.3, 0.4) is 0 Å². The quantitative estimate of drug-likeness (QED) is 0.928. The van der Waals surface area contributed by atoms with Crippen molar-refractivity contribution in [3.05, 3.63) is 35.6 Å². The van der Waals surface area contributed by atoms with Crippen LogP contribution < -0.4 is 5.32 Å². The summed E-state index contributed by atoms with van der Waals surface area (Å²) in [6, 6.07) is 7.14. The van der Waals surface area contributed by atoms with E-state index in [0.717, 1.165) is 44.3 Å². The molecule has 1 aromatic rings. The minimum absolute atomic E-state index is 0.0376. The highest BCUT2D eigenvalue weighted by molar-refractivity contribution is 5.79. The SMILES string of the molecule is CC[C@@H]1N(Cc2ccc(F)cc2)CCC[C@]12CCC(=O)N2. The molecule has 21 heavy (non-hydrogen) atoms. The Balaban J connectivity index is 1.77. The van der Waals surface area contributed by atoms with E-state index in [-0.39, 0.29) is 17.3 Å². The van der Waals surface area contributed by atoms with E-state index in [2.05, 4.69) is 17.1 Å². The monoisotopic (exact) mass is 290 g/mol. The molecule has 1 amide bonds. The van der Waals surface area contributed by atoms with Crippen LogP contribution >= 0.6 is 0 Å². The lowest BCUT2D eigenvalue weighted by molar-refractivity contribution is -0.120. The molecule has 0 aliphatic carbocycles. The lowest BCUT2D eigenvalue weighted by atomic mass is 9.78. The first-order valence-corrected chi connectivity index (χ1v) is 7.92. The zero-order chi connectivity index (χ0) is 14.9. The highest BCUT2D eigenvalue weighted by Gasteiger charge is 2.47. The molecule has 2 atom stereocenters. The summed E-state index contributed by atoms with van der Waals surface area (Å²) in [7, 11) is 0. The van der Waals surface area contributed by atoms with Crippen LogP contribution in [0.2, 0.25) is 0 Å². The topological polar surface area (TPSA) is 32.3 Å². The first-order chi connectivity index (χ1) is 10.1. The Morgan fingerprint density at radius 3 is 2.71 bits per heavy atom. The van der Waals surface area contributed by atoms with Crippen molar-refractivity contribution in [3.63, 3.8) is 0 Å². The predicted octanol–water partition coefficient (Wildman–Crippen LogP) is 2.85. The number of nitrogens with one attached hydrogen (secondary N) is 1. The second-order valence-corrected chi connectivity index (χ2v) is 6.33. The van der Waals surface area contributed by atoms with Gasteiger partial charge in [-0.2, -0.15) is 0 Å². The maximum absolute atomic E-state index is 13.0. The van der Waals surface area contributed by atoms with Crippen LogP contribution in [-0.4, -0.2) is 28.9 Å². The van der Waals surface area contributed by atoms with Crippen molar-refractivity contribution in [1.29, 1.82) is 0 Å². The van der Waals surface area contributed by atoms with E-state index in [1.165, 1.54) is 12.1 Å². The molecule has 2 heterocycles. The third-order valence-electron chi connectivity index (χ3n) is 5.02. The smallest absolute Gasteiger partial charge is 0.220 e. The van der Waals surface area contributed by atoms with Gasteiger partial charge in [0.2, 0.25) is 5.91 Å². The second kappa shape index (κ2) is 5.76. The van der Waals surface area contributed by atoms with Crippen LogP contribution in [0.5, 0.6) is 0 Å². The van der Waals surface area contributed by atoms with Crippen molar-refractivity contribution >= 4 is 5.91 Å². The molecule has 114 valence electrons. The summed E-state index contributed by atoms with van der Waals surface area (Å²) in [5, 5.41) is 3.25. The van der Waals surface area contributed by atoms with Gasteiger partial charge in [0.05, 0.1) is 5.54 Å². The van der Waals surface area contributed by atoms with Gasteiger partial charge >= 0.3 is 0 Å². The molecule has 3 nitrogen and oxygen atoms in total. The Morgan fingerprint density at radius 1 is 1.33 bits per heavy atom. The van der Waals surface area contributed by atoms with Crippen LogP contribution in [0.1, 0.15) is 44.6 Å². The lowest BCUT2D eigenvalue weighted by Gasteiger charge is -2.48. The average Bonchev–Trinajstić information content (AvgIpc) is 2.83. The van der Waals surface area contributed by atoms with Crippen molar-refractivity contribution in [2.75, 3.05) is 6.54 Å². The molecule has 1 aromatic carbocycles. The van der Waals surface area contributed by atoms with Gasteiger partial charge in [-0.15, -0.1) is 0 Å². The maximum Gasteiger partial charge on any atom is 0.220 e. The number of nitrogens with zero attached hydrogens (tertiary/aromatic N) is 1. The predicted molar refractivity (Wildman–Crippen MR) is 80.2 cm³/mol. The number of halogens is 1. The molecule has 0 unspecified atom stereocenters. The molecule has 0 saturated carbocycles. The molecule has 4 heteroatoms. The molecule has 3 rings (SSSR count). The van der Waals surface area contributed by atoms with Crippen LogP contribution in [0.25, 0.3) is 0 Å². The van der Waals surface area contributed by atoms with Crippen molar-refractivity contribution in [3.8, 4) is 0 Å². The van der Waals surface area contributed by atoms with E-state index in [9.17, 15) is 9.18 Å². The Hall–Kier alpha value is -1.42. The molecule has 0 radical (unpaired) electrons. The molecule has 2 aliphatic heterocycles. The number of carbonyl (C=O) groups is 1. The largest absolute Gasteiger partial charge is 0.349 e. The third kappa shape index (κ3) is 2.82.